The number of benzene rings is 2. The number of hydrogen-bond acceptors (Lipinski definition) is 11. The molecule has 0 radical (unpaired) electrons. The van der Waals surface area contributed by atoms with E-state index < -0.39 is 66.2 Å². The molecule has 1 saturated carbocycles. The molecule has 0 aromatic heterocycles. The molecule has 4 atom stereocenters. The molecule has 3 rings (SSSR count). The Balaban J connectivity index is 1.73. The Morgan fingerprint density at radius 2 is 1.30 bits per heavy atom. The van der Waals surface area contributed by atoms with Crippen molar-refractivity contribution in [3.63, 3.8) is 0 Å². The van der Waals surface area contributed by atoms with Crippen LogP contribution in [0, 0.1) is 0 Å². The summed E-state index contributed by atoms with van der Waals surface area (Å²) in [4.78, 5) is 36.7. The predicted molar refractivity (Wildman–Crippen MR) is 125 cm³/mol. The average molecular weight is 516 g/mol. The maximum Gasteiger partial charge on any atom is 0.348 e. The van der Waals surface area contributed by atoms with E-state index in [1.807, 2.05) is 0 Å². The fraction of sp³-hybridized carbons (Fsp3) is 0.240. The highest BCUT2D eigenvalue weighted by molar-refractivity contribution is 5.91. The van der Waals surface area contributed by atoms with Crippen molar-refractivity contribution in [2.24, 2.45) is 0 Å². The molecular weight excluding hydrogens is 492 g/mol. The first kappa shape index (κ1) is 27.0. The lowest BCUT2D eigenvalue weighted by Crippen LogP contribution is -2.58. The van der Waals surface area contributed by atoms with Crippen LogP contribution >= 0.6 is 0 Å². The van der Waals surface area contributed by atoms with Gasteiger partial charge >= 0.3 is 17.9 Å². The number of aliphatic hydroxyl groups is 2. The van der Waals surface area contributed by atoms with E-state index in [0.717, 1.165) is 18.2 Å². The van der Waals surface area contributed by atoms with E-state index in [2.05, 4.69) is 0 Å². The van der Waals surface area contributed by atoms with Crippen LogP contribution in [0.15, 0.2) is 48.6 Å². The number of carbonyl (C=O) groups is 3. The van der Waals surface area contributed by atoms with Crippen molar-refractivity contribution < 1.29 is 59.6 Å². The van der Waals surface area contributed by atoms with Crippen molar-refractivity contribution in [1.82, 2.24) is 0 Å². The van der Waals surface area contributed by atoms with E-state index in [-0.39, 0.29) is 17.1 Å². The number of phenols is 4. The van der Waals surface area contributed by atoms with Crippen molar-refractivity contribution >= 4 is 30.1 Å². The number of aromatic hydroxyl groups is 4. The van der Waals surface area contributed by atoms with Crippen LogP contribution in [-0.4, -0.2) is 77.6 Å². The van der Waals surface area contributed by atoms with Gasteiger partial charge in [0.1, 0.15) is 12.2 Å². The molecule has 1 aliphatic rings. The van der Waals surface area contributed by atoms with Gasteiger partial charge in [0.05, 0.1) is 6.10 Å². The summed E-state index contributed by atoms with van der Waals surface area (Å²) in [6, 6.07) is 7.44. The minimum atomic E-state index is -2.34. The molecule has 12 nitrogen and oxygen atoms in total. The zero-order valence-corrected chi connectivity index (χ0v) is 19.1. The fourth-order valence-electron chi connectivity index (χ4n) is 3.68. The van der Waals surface area contributed by atoms with E-state index in [4.69, 9.17) is 9.47 Å². The number of ether oxygens (including phenoxy) is 2. The van der Waals surface area contributed by atoms with Crippen molar-refractivity contribution in [1.29, 1.82) is 0 Å². The molecule has 37 heavy (non-hydrogen) atoms. The molecule has 0 spiro atoms. The van der Waals surface area contributed by atoms with Gasteiger partial charge in [0.15, 0.2) is 23.0 Å². The van der Waals surface area contributed by atoms with Crippen LogP contribution in [-0.2, 0) is 23.9 Å². The van der Waals surface area contributed by atoms with Crippen molar-refractivity contribution in [3.8, 4) is 23.0 Å². The Morgan fingerprint density at radius 3 is 1.78 bits per heavy atom. The van der Waals surface area contributed by atoms with Gasteiger partial charge in [0.2, 0.25) is 5.60 Å². The second kappa shape index (κ2) is 11.0. The first-order chi connectivity index (χ1) is 17.4. The summed E-state index contributed by atoms with van der Waals surface area (Å²) in [5.74, 6) is -5.41. The van der Waals surface area contributed by atoms with Gasteiger partial charge in [-0.3, -0.25) is 0 Å². The standard InChI is InChI=1S/C25H24O12/c26-15-5-1-13(9-17(15)28)3-7-21(31)36-20-12-25(24(34)35,11-19(30)23(20)33)37-22(32)8-4-14-2-6-16(27)18(29)10-14/h1-10,19-20,23,26-30,33H,11-12H2,(H,34,35)/b7-3+,8-4+/t19-,20-,23?,25+/m1/s1. The second-order valence-electron chi connectivity index (χ2n) is 8.33. The SMILES string of the molecule is O=C(/C=C/c1ccc(O)c(O)c1)O[C@@H]1C[C@](OC(=O)/C=C/c2ccc(O)c(O)c2)(C(=O)O)C[C@@H](O)C1O. The molecule has 12 heteroatoms. The highest BCUT2D eigenvalue weighted by Crippen LogP contribution is 2.35. The Morgan fingerprint density at radius 1 is 0.784 bits per heavy atom. The Labute approximate surface area is 209 Å². The van der Waals surface area contributed by atoms with Gasteiger partial charge in [-0.25, -0.2) is 14.4 Å². The predicted octanol–water partition coefficient (Wildman–Crippen LogP) is 1.03. The minimum Gasteiger partial charge on any atom is -0.504 e. The maximum atomic E-state index is 12.4. The normalized spacial score (nSPS) is 23.7. The third kappa shape index (κ3) is 6.57. The molecule has 1 fully saturated rings. The van der Waals surface area contributed by atoms with Crippen LogP contribution in [0.25, 0.3) is 12.2 Å². The molecule has 0 bridgehead atoms. The van der Waals surface area contributed by atoms with Crippen molar-refractivity contribution in [2.75, 3.05) is 0 Å². The van der Waals surface area contributed by atoms with Gasteiger partial charge in [-0.2, -0.15) is 0 Å². The molecule has 196 valence electrons. The largest absolute Gasteiger partial charge is 0.504 e. The fourth-order valence-corrected chi connectivity index (χ4v) is 3.68. The Hall–Kier alpha value is -4.55. The van der Waals surface area contributed by atoms with Crippen LogP contribution < -0.4 is 0 Å². The van der Waals surface area contributed by atoms with Gasteiger partial charge in [0.25, 0.3) is 0 Å². The number of carboxylic acids is 1. The third-order valence-corrected chi connectivity index (χ3v) is 5.62. The maximum absolute atomic E-state index is 12.4. The number of carbonyl (C=O) groups excluding carboxylic acids is 2. The smallest absolute Gasteiger partial charge is 0.348 e. The molecule has 0 amide bonds. The average Bonchev–Trinajstić information content (AvgIpc) is 2.83. The first-order valence-electron chi connectivity index (χ1n) is 10.8. The van der Waals surface area contributed by atoms with Gasteiger partial charge in [-0.05, 0) is 47.5 Å². The summed E-state index contributed by atoms with van der Waals surface area (Å²) < 4.78 is 10.2. The number of phenolic OH excluding ortho intramolecular Hbond substituents is 4. The summed E-state index contributed by atoms with van der Waals surface area (Å²) in [6.07, 6.45) is -2.09. The lowest BCUT2D eigenvalue weighted by atomic mass is 9.79. The van der Waals surface area contributed by atoms with E-state index in [9.17, 15) is 50.1 Å². The monoisotopic (exact) mass is 516 g/mol. The molecule has 0 heterocycles. The summed E-state index contributed by atoms with van der Waals surface area (Å²) in [7, 11) is 0. The van der Waals surface area contributed by atoms with Gasteiger partial charge in [-0.1, -0.05) is 12.1 Å². The molecule has 1 unspecified atom stereocenters. The second-order valence-corrected chi connectivity index (χ2v) is 8.33. The van der Waals surface area contributed by atoms with E-state index in [1.54, 1.807) is 0 Å². The minimum absolute atomic E-state index is 0.288. The number of esters is 2. The van der Waals surface area contributed by atoms with Crippen molar-refractivity contribution in [3.05, 3.63) is 59.7 Å². The van der Waals surface area contributed by atoms with E-state index in [1.165, 1.54) is 42.5 Å². The third-order valence-electron chi connectivity index (χ3n) is 5.62. The summed E-state index contributed by atoms with van der Waals surface area (Å²) in [5, 5.41) is 68.0. The van der Waals surface area contributed by atoms with Crippen LogP contribution in [0.5, 0.6) is 23.0 Å². The highest BCUT2D eigenvalue weighted by Gasteiger charge is 2.54. The first-order valence-corrected chi connectivity index (χ1v) is 10.8. The molecular formula is C25H24O12. The molecule has 1 aliphatic carbocycles. The number of hydrogen-bond donors (Lipinski definition) is 7. The molecule has 2 aromatic carbocycles. The number of aliphatic hydroxyl groups excluding tert-OH is 2. The lowest BCUT2D eigenvalue weighted by molar-refractivity contribution is -0.207. The summed E-state index contributed by atoms with van der Waals surface area (Å²) in [6.45, 7) is 0. The number of aliphatic carboxylic acids is 1. The Bertz CT molecular complexity index is 1250. The van der Waals surface area contributed by atoms with Gasteiger partial charge in [0, 0.05) is 25.0 Å². The molecule has 0 saturated heterocycles. The van der Waals surface area contributed by atoms with Crippen LogP contribution in [0.1, 0.15) is 24.0 Å². The topological polar surface area (TPSA) is 211 Å². The van der Waals surface area contributed by atoms with E-state index >= 15 is 0 Å². The van der Waals surface area contributed by atoms with Gasteiger partial charge < -0.3 is 45.2 Å². The highest BCUT2D eigenvalue weighted by atomic mass is 16.6. The van der Waals surface area contributed by atoms with E-state index in [0.29, 0.717) is 5.56 Å². The van der Waals surface area contributed by atoms with Crippen LogP contribution in [0.4, 0.5) is 0 Å². The summed E-state index contributed by atoms with van der Waals surface area (Å²) in [5.41, 5.74) is -1.73. The Kier molecular flexibility index (Phi) is 8.05. The zero-order valence-electron chi connectivity index (χ0n) is 19.1. The van der Waals surface area contributed by atoms with Crippen LogP contribution in [0.3, 0.4) is 0 Å². The lowest BCUT2D eigenvalue weighted by Gasteiger charge is -2.41. The zero-order chi connectivity index (χ0) is 27.3. The van der Waals surface area contributed by atoms with Crippen LogP contribution in [0.2, 0.25) is 0 Å². The van der Waals surface area contributed by atoms with Gasteiger partial charge in [-0.15, -0.1) is 0 Å². The molecule has 0 aliphatic heterocycles. The van der Waals surface area contributed by atoms with Crippen molar-refractivity contribution in [2.45, 2.75) is 36.8 Å². The molecule has 7 N–H and O–H groups in total. The quantitative estimate of drug-likeness (QED) is 0.156. The molecule has 2 aromatic rings. The number of carboxylic acid groups (broad SMARTS) is 1. The summed E-state index contributed by atoms with van der Waals surface area (Å²) >= 11 is 0. The number of rotatable bonds is 7.